The van der Waals surface area contributed by atoms with Gasteiger partial charge in [-0.3, -0.25) is 19.5 Å². The number of likely N-dealkylation sites (N-methyl/N-ethyl adjacent to an activating group) is 1. The molecule has 1 aliphatic rings. The van der Waals surface area contributed by atoms with E-state index in [1.54, 1.807) is 31.0 Å². The van der Waals surface area contributed by atoms with Gasteiger partial charge < -0.3 is 14.7 Å². The fourth-order valence-corrected chi connectivity index (χ4v) is 4.27. The van der Waals surface area contributed by atoms with Crippen molar-refractivity contribution in [3.8, 4) is 11.3 Å². The highest BCUT2D eigenvalue weighted by Crippen LogP contribution is 2.34. The normalized spacial score (nSPS) is 14.8. The van der Waals surface area contributed by atoms with Crippen LogP contribution in [0.25, 0.3) is 11.3 Å². The molecule has 0 aliphatic heterocycles. The van der Waals surface area contributed by atoms with Gasteiger partial charge in [0.25, 0.3) is 5.56 Å². The van der Waals surface area contributed by atoms with Gasteiger partial charge in [-0.25, -0.2) is 9.78 Å². The number of aromatic nitrogens is 2. The van der Waals surface area contributed by atoms with Crippen LogP contribution in [0, 0.1) is 6.92 Å². The standard InChI is InChI=1S/C22H27ClN4O5/c1-14-24-18(16-7-6-15(23)10-17(16)25-21(31)32-3)11-19(29)27(14)12-20(30)26(2)22(13-28)8-4-5-9-22/h6-7,10-11,28H,4-5,8-9,12-13H2,1-3H3,(H,25,31). The van der Waals surface area contributed by atoms with Gasteiger partial charge in [0, 0.05) is 23.7 Å². The molecule has 3 rings (SSSR count). The second-order valence-electron chi connectivity index (χ2n) is 7.96. The fourth-order valence-electron chi connectivity index (χ4n) is 4.09. The second-order valence-corrected chi connectivity index (χ2v) is 8.40. The molecule has 1 aromatic carbocycles. The molecule has 0 unspecified atom stereocenters. The Hall–Kier alpha value is -2.91. The summed E-state index contributed by atoms with van der Waals surface area (Å²) in [6.07, 6.45) is 2.71. The molecule has 172 valence electrons. The van der Waals surface area contributed by atoms with Crippen molar-refractivity contribution in [1.82, 2.24) is 14.5 Å². The molecule has 2 amide bonds. The third-order valence-corrected chi connectivity index (χ3v) is 6.32. The van der Waals surface area contributed by atoms with Crippen LogP contribution >= 0.6 is 11.6 Å². The smallest absolute Gasteiger partial charge is 0.411 e. The fraction of sp³-hybridized carbons (Fsp3) is 0.455. The number of ether oxygens (including phenoxy) is 1. The number of carbonyl (C=O) groups excluding carboxylic acids is 2. The molecule has 32 heavy (non-hydrogen) atoms. The lowest BCUT2D eigenvalue weighted by Crippen LogP contribution is -2.52. The number of rotatable bonds is 6. The number of carbonyl (C=O) groups is 2. The number of hydrogen-bond donors (Lipinski definition) is 2. The third-order valence-electron chi connectivity index (χ3n) is 6.09. The molecule has 0 atom stereocenters. The Kier molecular flexibility index (Phi) is 7.20. The van der Waals surface area contributed by atoms with Gasteiger partial charge in [-0.15, -0.1) is 0 Å². The Morgan fingerprint density at radius 1 is 1.31 bits per heavy atom. The van der Waals surface area contributed by atoms with Crippen molar-refractivity contribution in [2.24, 2.45) is 0 Å². The summed E-state index contributed by atoms with van der Waals surface area (Å²) in [7, 11) is 2.91. The Morgan fingerprint density at radius 2 is 2.00 bits per heavy atom. The first kappa shape index (κ1) is 23.7. The number of aliphatic hydroxyl groups is 1. The van der Waals surface area contributed by atoms with Crippen molar-refractivity contribution < 1.29 is 19.4 Å². The molecule has 2 aromatic rings. The molecule has 9 nitrogen and oxygen atoms in total. The Morgan fingerprint density at radius 3 is 2.59 bits per heavy atom. The molecule has 1 saturated carbocycles. The van der Waals surface area contributed by atoms with E-state index in [2.05, 4.69) is 15.0 Å². The van der Waals surface area contributed by atoms with Crippen LogP contribution in [0.2, 0.25) is 5.02 Å². The van der Waals surface area contributed by atoms with Gasteiger partial charge in [0.05, 0.1) is 30.6 Å². The van der Waals surface area contributed by atoms with Crippen LogP contribution in [0.1, 0.15) is 31.5 Å². The van der Waals surface area contributed by atoms with Crippen LogP contribution in [0.4, 0.5) is 10.5 Å². The van der Waals surface area contributed by atoms with E-state index in [-0.39, 0.29) is 19.1 Å². The van der Waals surface area contributed by atoms with E-state index in [0.29, 0.717) is 27.8 Å². The summed E-state index contributed by atoms with van der Waals surface area (Å²) in [6.45, 7) is 1.36. The van der Waals surface area contributed by atoms with Gasteiger partial charge >= 0.3 is 6.09 Å². The molecule has 1 aromatic heterocycles. The number of amides is 2. The highest BCUT2D eigenvalue weighted by Gasteiger charge is 2.39. The van der Waals surface area contributed by atoms with Crippen molar-refractivity contribution in [2.45, 2.75) is 44.7 Å². The molecule has 1 fully saturated rings. The van der Waals surface area contributed by atoms with E-state index in [1.807, 2.05) is 0 Å². The van der Waals surface area contributed by atoms with Crippen LogP contribution in [0.3, 0.4) is 0 Å². The van der Waals surface area contributed by atoms with Gasteiger partial charge in [-0.1, -0.05) is 24.4 Å². The Labute approximate surface area is 191 Å². The van der Waals surface area contributed by atoms with Crippen molar-refractivity contribution >= 4 is 29.3 Å². The summed E-state index contributed by atoms with van der Waals surface area (Å²) in [5.74, 6) is 0.0814. The van der Waals surface area contributed by atoms with Crippen LogP contribution in [-0.2, 0) is 16.1 Å². The number of aryl methyl sites for hydroxylation is 1. The van der Waals surface area contributed by atoms with Crippen LogP contribution < -0.4 is 10.9 Å². The lowest BCUT2D eigenvalue weighted by atomic mass is 9.96. The monoisotopic (exact) mass is 462 g/mol. The topological polar surface area (TPSA) is 114 Å². The summed E-state index contributed by atoms with van der Waals surface area (Å²) in [5.41, 5.74) is 0.184. The quantitative estimate of drug-likeness (QED) is 0.682. The molecule has 1 aliphatic carbocycles. The average Bonchev–Trinajstić information content (AvgIpc) is 3.25. The highest BCUT2D eigenvalue weighted by molar-refractivity contribution is 6.31. The number of anilines is 1. The van der Waals surface area contributed by atoms with Crippen molar-refractivity contribution in [3.63, 3.8) is 0 Å². The SMILES string of the molecule is COC(=O)Nc1cc(Cl)ccc1-c1cc(=O)n(CC(=O)N(C)C2(CO)CCCC2)c(C)n1. The van der Waals surface area contributed by atoms with E-state index in [4.69, 9.17) is 11.6 Å². The van der Waals surface area contributed by atoms with E-state index < -0.39 is 17.2 Å². The van der Waals surface area contributed by atoms with Gasteiger partial charge in [-0.05, 0) is 38.0 Å². The number of methoxy groups -OCH3 is 1. The zero-order valence-electron chi connectivity index (χ0n) is 18.4. The van der Waals surface area contributed by atoms with Gasteiger partial charge in [0.1, 0.15) is 12.4 Å². The lowest BCUT2D eigenvalue weighted by Gasteiger charge is -2.37. The highest BCUT2D eigenvalue weighted by atomic mass is 35.5. The van der Waals surface area contributed by atoms with Crippen LogP contribution in [0.5, 0.6) is 0 Å². The molecule has 0 saturated heterocycles. The summed E-state index contributed by atoms with van der Waals surface area (Å²) < 4.78 is 5.94. The number of nitrogens with one attached hydrogen (secondary N) is 1. The molecule has 0 spiro atoms. The van der Waals surface area contributed by atoms with Crippen LogP contribution in [-0.4, -0.2) is 57.9 Å². The molecule has 0 bridgehead atoms. The van der Waals surface area contributed by atoms with Crippen LogP contribution in [0.15, 0.2) is 29.1 Å². The van der Waals surface area contributed by atoms with Crippen molar-refractivity contribution in [1.29, 1.82) is 0 Å². The third kappa shape index (κ3) is 4.78. The lowest BCUT2D eigenvalue weighted by molar-refractivity contribution is -0.138. The molecule has 2 N–H and O–H groups in total. The maximum absolute atomic E-state index is 12.9. The van der Waals surface area contributed by atoms with Crippen molar-refractivity contribution in [2.75, 3.05) is 26.1 Å². The van der Waals surface area contributed by atoms with Gasteiger partial charge in [0.15, 0.2) is 0 Å². The first-order chi connectivity index (χ1) is 15.2. The summed E-state index contributed by atoms with van der Waals surface area (Å²) >= 11 is 6.04. The summed E-state index contributed by atoms with van der Waals surface area (Å²) in [4.78, 5) is 43.5. The summed E-state index contributed by atoms with van der Waals surface area (Å²) in [5, 5.41) is 12.8. The minimum absolute atomic E-state index is 0.104. The number of nitrogens with zero attached hydrogens (tertiary/aromatic N) is 3. The number of benzene rings is 1. The van der Waals surface area contributed by atoms with Gasteiger partial charge in [0.2, 0.25) is 5.91 Å². The summed E-state index contributed by atoms with van der Waals surface area (Å²) in [6, 6.07) is 6.10. The zero-order valence-corrected chi connectivity index (χ0v) is 19.1. The number of hydrogen-bond acceptors (Lipinski definition) is 6. The first-order valence-electron chi connectivity index (χ1n) is 10.3. The predicted octanol–water partition coefficient (Wildman–Crippen LogP) is 2.81. The minimum Gasteiger partial charge on any atom is -0.453 e. The second kappa shape index (κ2) is 9.70. The number of halogens is 1. The van der Waals surface area contributed by atoms with Gasteiger partial charge in [-0.2, -0.15) is 0 Å². The van der Waals surface area contributed by atoms with E-state index in [9.17, 15) is 19.5 Å². The largest absolute Gasteiger partial charge is 0.453 e. The maximum Gasteiger partial charge on any atom is 0.411 e. The first-order valence-corrected chi connectivity index (χ1v) is 10.7. The average molecular weight is 463 g/mol. The molecular formula is C22H27ClN4O5. The van der Waals surface area contributed by atoms with E-state index in [1.165, 1.54) is 23.8 Å². The molecule has 10 heteroatoms. The van der Waals surface area contributed by atoms with E-state index >= 15 is 0 Å². The van der Waals surface area contributed by atoms with E-state index in [0.717, 1.165) is 25.7 Å². The Balaban J connectivity index is 1.90. The zero-order chi connectivity index (χ0) is 23.5. The molecule has 1 heterocycles. The predicted molar refractivity (Wildman–Crippen MR) is 121 cm³/mol. The minimum atomic E-state index is -0.683. The van der Waals surface area contributed by atoms with Crippen molar-refractivity contribution in [3.05, 3.63) is 45.5 Å². The molecule has 0 radical (unpaired) electrons. The maximum atomic E-state index is 12.9. The molecular weight excluding hydrogens is 436 g/mol. The Bertz CT molecular complexity index is 1080. The number of aliphatic hydroxyl groups excluding tert-OH is 1.